The lowest BCUT2D eigenvalue weighted by molar-refractivity contribution is -0.140. The third-order valence-electron chi connectivity index (χ3n) is 4.08. The molecule has 0 spiro atoms. The maximum Gasteiger partial charge on any atom is 0.311 e. The SMILES string of the molecule is CC[C@@H](C)N(C(=O)CSc1nc(CC(=O)OC)cc(=O)[nH]1)[C@@H](C)CC. The molecule has 0 unspecified atom stereocenters. The third kappa shape index (κ3) is 6.53. The third-order valence-corrected chi connectivity index (χ3v) is 4.94. The van der Waals surface area contributed by atoms with E-state index in [1.807, 2.05) is 18.7 Å². The van der Waals surface area contributed by atoms with Gasteiger partial charge in [-0.1, -0.05) is 25.6 Å². The predicted molar refractivity (Wildman–Crippen MR) is 97.7 cm³/mol. The number of ether oxygens (including phenoxy) is 1. The van der Waals surface area contributed by atoms with Gasteiger partial charge >= 0.3 is 5.97 Å². The van der Waals surface area contributed by atoms with Crippen molar-refractivity contribution in [2.24, 2.45) is 0 Å². The Bertz CT molecular complexity index is 637. The molecule has 1 amide bonds. The number of carbonyl (C=O) groups excluding carboxylic acids is 2. The molecule has 0 radical (unpaired) electrons. The van der Waals surface area contributed by atoms with Crippen LogP contribution in [0.5, 0.6) is 0 Å². The van der Waals surface area contributed by atoms with Crippen molar-refractivity contribution in [2.45, 2.75) is 64.2 Å². The number of amides is 1. The maximum atomic E-state index is 12.6. The van der Waals surface area contributed by atoms with Crippen LogP contribution in [0.3, 0.4) is 0 Å². The van der Waals surface area contributed by atoms with E-state index in [1.165, 1.54) is 24.9 Å². The van der Waals surface area contributed by atoms with Gasteiger partial charge in [-0.25, -0.2) is 4.98 Å². The van der Waals surface area contributed by atoms with Crippen molar-refractivity contribution >= 4 is 23.6 Å². The van der Waals surface area contributed by atoms with Crippen LogP contribution in [0.25, 0.3) is 0 Å². The second-order valence-corrected chi connectivity index (χ2v) is 6.86. The molecule has 8 heteroatoms. The topological polar surface area (TPSA) is 92.4 Å². The van der Waals surface area contributed by atoms with E-state index >= 15 is 0 Å². The average molecular weight is 369 g/mol. The summed E-state index contributed by atoms with van der Waals surface area (Å²) < 4.78 is 4.58. The standard InChI is InChI=1S/C17H27N3O4S/c1-6-11(3)20(12(4)7-2)15(22)10-25-17-18-13(8-14(21)19-17)9-16(23)24-5/h8,11-12H,6-7,9-10H2,1-5H3,(H,18,19,21)/t11-,12+. The number of hydrogen-bond acceptors (Lipinski definition) is 6. The summed E-state index contributed by atoms with van der Waals surface area (Å²) in [4.78, 5) is 44.4. The maximum absolute atomic E-state index is 12.6. The molecule has 0 aliphatic heterocycles. The van der Waals surface area contributed by atoms with Crippen molar-refractivity contribution < 1.29 is 14.3 Å². The van der Waals surface area contributed by atoms with Gasteiger partial charge in [0, 0.05) is 18.2 Å². The lowest BCUT2D eigenvalue weighted by atomic mass is 10.1. The molecule has 1 N–H and O–H groups in total. The van der Waals surface area contributed by atoms with E-state index in [0.29, 0.717) is 10.9 Å². The number of H-pyrrole nitrogens is 1. The molecular weight excluding hydrogens is 342 g/mol. The minimum absolute atomic E-state index is 0.00900. The molecule has 0 saturated heterocycles. The van der Waals surface area contributed by atoms with Gasteiger partial charge in [0.15, 0.2) is 5.16 Å². The predicted octanol–water partition coefficient (Wildman–Crippen LogP) is 2.00. The second kappa shape index (κ2) is 10.2. The van der Waals surface area contributed by atoms with Crippen LogP contribution in [-0.2, 0) is 20.7 Å². The fourth-order valence-electron chi connectivity index (χ4n) is 2.39. The van der Waals surface area contributed by atoms with Crippen molar-refractivity contribution in [3.8, 4) is 0 Å². The van der Waals surface area contributed by atoms with Crippen LogP contribution in [0, 0.1) is 0 Å². The summed E-state index contributed by atoms with van der Waals surface area (Å²) in [5, 5.41) is 0.327. The Labute approximate surface area is 152 Å². The molecule has 7 nitrogen and oxygen atoms in total. The minimum atomic E-state index is -0.468. The first-order chi connectivity index (χ1) is 11.8. The zero-order valence-corrected chi connectivity index (χ0v) is 16.3. The highest BCUT2D eigenvalue weighted by atomic mass is 32.2. The Morgan fingerprint density at radius 1 is 1.28 bits per heavy atom. The van der Waals surface area contributed by atoms with Gasteiger partial charge in [0.1, 0.15) is 0 Å². The number of rotatable bonds is 9. The highest BCUT2D eigenvalue weighted by Gasteiger charge is 2.23. The Hall–Kier alpha value is -1.83. The molecule has 1 aromatic rings. The summed E-state index contributed by atoms with van der Waals surface area (Å²) in [5.74, 6) is -0.279. The summed E-state index contributed by atoms with van der Waals surface area (Å²) in [7, 11) is 1.28. The van der Waals surface area contributed by atoms with Gasteiger partial charge in [-0.2, -0.15) is 0 Å². The fourth-order valence-corrected chi connectivity index (χ4v) is 3.15. The lowest BCUT2D eigenvalue weighted by Gasteiger charge is -2.34. The van der Waals surface area contributed by atoms with Crippen molar-refractivity contribution in [1.82, 2.24) is 14.9 Å². The Balaban J connectivity index is 2.83. The van der Waals surface area contributed by atoms with E-state index < -0.39 is 5.97 Å². The van der Waals surface area contributed by atoms with E-state index in [4.69, 9.17) is 0 Å². The number of carbonyl (C=O) groups is 2. The Morgan fingerprint density at radius 2 is 1.88 bits per heavy atom. The van der Waals surface area contributed by atoms with Gasteiger partial charge in [-0.05, 0) is 26.7 Å². The van der Waals surface area contributed by atoms with E-state index in [0.717, 1.165) is 12.8 Å². The van der Waals surface area contributed by atoms with Crippen molar-refractivity contribution in [3.05, 3.63) is 22.1 Å². The fraction of sp³-hybridized carbons (Fsp3) is 0.647. The average Bonchev–Trinajstić information content (AvgIpc) is 2.59. The van der Waals surface area contributed by atoms with E-state index in [9.17, 15) is 14.4 Å². The molecule has 25 heavy (non-hydrogen) atoms. The smallest absolute Gasteiger partial charge is 0.311 e. The molecule has 0 aromatic carbocycles. The molecule has 0 saturated carbocycles. The molecule has 1 heterocycles. The van der Waals surface area contributed by atoms with Crippen LogP contribution in [0.2, 0.25) is 0 Å². The molecule has 1 aromatic heterocycles. The highest BCUT2D eigenvalue weighted by Crippen LogP contribution is 2.17. The van der Waals surface area contributed by atoms with E-state index in [2.05, 4.69) is 28.6 Å². The number of esters is 1. The number of methoxy groups -OCH3 is 1. The highest BCUT2D eigenvalue weighted by molar-refractivity contribution is 7.99. The van der Waals surface area contributed by atoms with Crippen molar-refractivity contribution in [2.75, 3.05) is 12.9 Å². The van der Waals surface area contributed by atoms with Gasteiger partial charge in [-0.15, -0.1) is 0 Å². The molecular formula is C17H27N3O4S. The summed E-state index contributed by atoms with van der Waals surface area (Å²) in [6.45, 7) is 8.17. The van der Waals surface area contributed by atoms with Crippen LogP contribution in [0.1, 0.15) is 46.2 Å². The number of hydrogen-bond donors (Lipinski definition) is 1. The summed E-state index contributed by atoms with van der Waals surface area (Å²) >= 11 is 1.17. The van der Waals surface area contributed by atoms with Gasteiger partial charge < -0.3 is 14.6 Å². The lowest BCUT2D eigenvalue weighted by Crippen LogP contribution is -2.45. The van der Waals surface area contributed by atoms with Crippen LogP contribution in [0.15, 0.2) is 16.0 Å². The quantitative estimate of drug-likeness (QED) is 0.407. The minimum Gasteiger partial charge on any atom is -0.469 e. The summed E-state index contributed by atoms with van der Waals surface area (Å²) in [6.07, 6.45) is 1.68. The van der Waals surface area contributed by atoms with Crippen LogP contribution in [0.4, 0.5) is 0 Å². The van der Waals surface area contributed by atoms with Crippen molar-refractivity contribution in [3.63, 3.8) is 0 Å². The number of nitrogens with one attached hydrogen (secondary N) is 1. The largest absolute Gasteiger partial charge is 0.469 e. The zero-order chi connectivity index (χ0) is 19.0. The first-order valence-electron chi connectivity index (χ1n) is 8.43. The van der Waals surface area contributed by atoms with Gasteiger partial charge in [0.05, 0.1) is 25.0 Å². The molecule has 140 valence electrons. The van der Waals surface area contributed by atoms with E-state index in [1.54, 1.807) is 0 Å². The van der Waals surface area contributed by atoms with Crippen LogP contribution >= 0.6 is 11.8 Å². The molecule has 1 rings (SSSR count). The second-order valence-electron chi connectivity index (χ2n) is 5.90. The summed E-state index contributed by atoms with van der Waals surface area (Å²) in [5.41, 5.74) is -0.0316. The number of thioether (sulfide) groups is 1. The molecule has 0 aliphatic rings. The molecule has 0 bridgehead atoms. The number of nitrogens with zero attached hydrogens (tertiary/aromatic N) is 2. The van der Waals surface area contributed by atoms with E-state index in [-0.39, 0.29) is 35.7 Å². The van der Waals surface area contributed by atoms with Gasteiger partial charge in [-0.3, -0.25) is 14.4 Å². The Kier molecular flexibility index (Phi) is 8.68. The number of aromatic nitrogens is 2. The molecule has 0 aliphatic carbocycles. The number of aromatic amines is 1. The normalized spacial score (nSPS) is 13.2. The Morgan fingerprint density at radius 3 is 2.40 bits per heavy atom. The monoisotopic (exact) mass is 369 g/mol. The first kappa shape index (κ1) is 21.2. The zero-order valence-electron chi connectivity index (χ0n) is 15.5. The van der Waals surface area contributed by atoms with Gasteiger partial charge in [0.25, 0.3) is 5.56 Å². The van der Waals surface area contributed by atoms with Crippen LogP contribution in [-0.4, -0.2) is 51.7 Å². The molecule has 2 atom stereocenters. The first-order valence-corrected chi connectivity index (χ1v) is 9.41. The van der Waals surface area contributed by atoms with Gasteiger partial charge in [0.2, 0.25) is 5.91 Å². The van der Waals surface area contributed by atoms with Crippen molar-refractivity contribution in [1.29, 1.82) is 0 Å². The summed E-state index contributed by atoms with van der Waals surface area (Å²) in [6, 6.07) is 1.56. The van der Waals surface area contributed by atoms with Crippen LogP contribution < -0.4 is 5.56 Å². The molecule has 0 fully saturated rings.